The maximum absolute atomic E-state index is 13.8. The summed E-state index contributed by atoms with van der Waals surface area (Å²) in [7, 11) is 1.72. The molecule has 0 atom stereocenters. The van der Waals surface area contributed by atoms with Crippen molar-refractivity contribution in [1.29, 1.82) is 0 Å². The van der Waals surface area contributed by atoms with Crippen LogP contribution in [0.3, 0.4) is 0 Å². The third-order valence-electron chi connectivity index (χ3n) is 5.25. The van der Waals surface area contributed by atoms with Crippen molar-refractivity contribution < 1.29 is 13.6 Å². The third-order valence-corrected chi connectivity index (χ3v) is 5.25. The molecular formula is C21H21F2N7O. The predicted octanol–water partition coefficient (Wildman–Crippen LogP) is 2.78. The average Bonchev–Trinajstić information content (AvgIpc) is 3.20. The van der Waals surface area contributed by atoms with Crippen LogP contribution in [-0.2, 0) is 13.5 Å². The minimum Gasteiger partial charge on any atom is -0.333 e. The summed E-state index contributed by atoms with van der Waals surface area (Å²) in [6.07, 6.45) is 4.78. The number of hydrogen-bond donors (Lipinski definition) is 0. The van der Waals surface area contributed by atoms with Crippen molar-refractivity contribution in [3.63, 3.8) is 0 Å². The monoisotopic (exact) mass is 425 g/mol. The zero-order chi connectivity index (χ0) is 22.0. The number of halogens is 2. The Morgan fingerprint density at radius 1 is 1.19 bits per heavy atom. The van der Waals surface area contributed by atoms with Gasteiger partial charge in [-0.15, -0.1) is 5.10 Å². The number of benzene rings is 1. The topological polar surface area (TPSA) is 89.7 Å². The van der Waals surface area contributed by atoms with Crippen LogP contribution in [0.5, 0.6) is 0 Å². The smallest absolute Gasteiger partial charge is 0.266 e. The fraction of sp³-hybridized carbons (Fsp3) is 0.333. The van der Waals surface area contributed by atoms with Crippen LogP contribution in [0, 0.1) is 11.6 Å². The molecule has 0 spiro atoms. The maximum atomic E-state index is 13.8. The van der Waals surface area contributed by atoms with E-state index in [1.165, 1.54) is 16.6 Å². The molecule has 10 heteroatoms. The second-order valence-electron chi connectivity index (χ2n) is 7.30. The van der Waals surface area contributed by atoms with Gasteiger partial charge < -0.3 is 4.90 Å². The molecule has 31 heavy (non-hydrogen) atoms. The van der Waals surface area contributed by atoms with Gasteiger partial charge in [-0.25, -0.2) is 8.78 Å². The summed E-state index contributed by atoms with van der Waals surface area (Å²) in [5.41, 5.74) is 3.31. The van der Waals surface area contributed by atoms with E-state index in [9.17, 15) is 13.6 Å². The van der Waals surface area contributed by atoms with Gasteiger partial charge in [0.1, 0.15) is 11.6 Å². The standard InChI is InChI=1S/C21H21F2N7O/c1-3-13-6-7-30(21-26-28-29(2)27-21)12-17(13)19-11-24-15(10-25-19)9-20(31)16-5-4-14(22)8-18(16)23/h4-5,8,10-11H,3,6-7,9,12H2,1-2H3. The van der Waals surface area contributed by atoms with E-state index in [2.05, 4.69) is 32.3 Å². The Labute approximate surface area is 177 Å². The first-order valence-corrected chi connectivity index (χ1v) is 9.94. The lowest BCUT2D eigenvalue weighted by atomic mass is 9.96. The van der Waals surface area contributed by atoms with E-state index in [1.807, 2.05) is 4.90 Å². The van der Waals surface area contributed by atoms with Gasteiger partial charge in [-0.1, -0.05) is 17.6 Å². The van der Waals surface area contributed by atoms with Crippen LogP contribution >= 0.6 is 0 Å². The van der Waals surface area contributed by atoms with Crippen LogP contribution in [0.15, 0.2) is 36.2 Å². The molecule has 3 heterocycles. The third kappa shape index (κ3) is 4.47. The summed E-state index contributed by atoms with van der Waals surface area (Å²) >= 11 is 0. The number of aromatic nitrogens is 6. The number of aryl methyl sites for hydroxylation is 1. The second-order valence-corrected chi connectivity index (χ2v) is 7.30. The summed E-state index contributed by atoms with van der Waals surface area (Å²) in [6, 6.07) is 2.90. The van der Waals surface area contributed by atoms with Gasteiger partial charge in [0.15, 0.2) is 5.78 Å². The van der Waals surface area contributed by atoms with Crippen LogP contribution in [0.2, 0.25) is 0 Å². The van der Waals surface area contributed by atoms with Crippen molar-refractivity contribution in [2.75, 3.05) is 18.0 Å². The Kier molecular flexibility index (Phi) is 5.79. The van der Waals surface area contributed by atoms with Crippen LogP contribution in [0.4, 0.5) is 14.7 Å². The average molecular weight is 425 g/mol. The van der Waals surface area contributed by atoms with Crippen molar-refractivity contribution in [2.45, 2.75) is 26.2 Å². The highest BCUT2D eigenvalue weighted by atomic mass is 19.1. The number of tetrazole rings is 1. The first kappa shape index (κ1) is 20.7. The molecule has 8 nitrogen and oxygen atoms in total. The first-order valence-electron chi connectivity index (χ1n) is 9.94. The molecule has 0 saturated carbocycles. The van der Waals surface area contributed by atoms with Gasteiger partial charge in [0, 0.05) is 25.4 Å². The fourth-order valence-corrected chi connectivity index (χ4v) is 3.60. The van der Waals surface area contributed by atoms with E-state index in [0.29, 0.717) is 24.3 Å². The van der Waals surface area contributed by atoms with Gasteiger partial charge in [-0.3, -0.25) is 14.8 Å². The molecule has 0 amide bonds. The molecule has 0 radical (unpaired) electrons. The van der Waals surface area contributed by atoms with Gasteiger partial charge >= 0.3 is 0 Å². The summed E-state index contributed by atoms with van der Waals surface area (Å²) in [4.78, 5) is 24.7. The van der Waals surface area contributed by atoms with Gasteiger partial charge in [0.05, 0.1) is 36.6 Å². The lowest BCUT2D eigenvalue weighted by Crippen LogP contribution is -2.32. The van der Waals surface area contributed by atoms with E-state index in [1.54, 1.807) is 13.2 Å². The molecule has 0 bridgehead atoms. The van der Waals surface area contributed by atoms with Crippen molar-refractivity contribution in [3.05, 3.63) is 64.8 Å². The van der Waals surface area contributed by atoms with Crippen molar-refractivity contribution in [3.8, 4) is 0 Å². The van der Waals surface area contributed by atoms with Gasteiger partial charge in [-0.2, -0.15) is 4.80 Å². The minimum atomic E-state index is -0.882. The summed E-state index contributed by atoms with van der Waals surface area (Å²) < 4.78 is 26.9. The van der Waals surface area contributed by atoms with E-state index in [-0.39, 0.29) is 12.0 Å². The molecule has 0 unspecified atom stereocenters. The van der Waals surface area contributed by atoms with Gasteiger partial charge in [-0.05, 0) is 35.8 Å². The van der Waals surface area contributed by atoms with E-state index < -0.39 is 17.4 Å². The van der Waals surface area contributed by atoms with Gasteiger partial charge in [0.2, 0.25) is 0 Å². The molecule has 4 rings (SSSR count). The number of anilines is 1. The molecule has 1 aliphatic rings. The minimum absolute atomic E-state index is 0.120. The number of carbonyl (C=O) groups is 1. The molecule has 3 aromatic rings. The normalized spacial score (nSPS) is 14.3. The van der Waals surface area contributed by atoms with Crippen LogP contribution < -0.4 is 4.90 Å². The van der Waals surface area contributed by atoms with Gasteiger partial charge in [0.25, 0.3) is 5.95 Å². The lowest BCUT2D eigenvalue weighted by molar-refractivity contribution is 0.0988. The highest BCUT2D eigenvalue weighted by Gasteiger charge is 2.23. The quantitative estimate of drug-likeness (QED) is 0.561. The Morgan fingerprint density at radius 2 is 2.03 bits per heavy atom. The highest BCUT2D eigenvalue weighted by Crippen LogP contribution is 2.28. The number of carbonyl (C=O) groups excluding carboxylic acids is 1. The summed E-state index contributed by atoms with van der Waals surface area (Å²) in [5.74, 6) is -1.53. The molecule has 160 valence electrons. The summed E-state index contributed by atoms with van der Waals surface area (Å²) in [6.45, 7) is 3.48. The molecule has 0 N–H and O–H groups in total. The largest absolute Gasteiger partial charge is 0.333 e. The molecule has 0 aliphatic carbocycles. The number of ketones is 1. The Bertz CT molecular complexity index is 1140. The van der Waals surface area contributed by atoms with E-state index in [4.69, 9.17) is 0 Å². The van der Waals surface area contributed by atoms with E-state index >= 15 is 0 Å². The molecular weight excluding hydrogens is 404 g/mol. The Balaban J connectivity index is 1.52. The predicted molar refractivity (Wildman–Crippen MR) is 109 cm³/mol. The van der Waals surface area contributed by atoms with Crippen molar-refractivity contribution in [1.82, 2.24) is 30.2 Å². The maximum Gasteiger partial charge on any atom is 0.266 e. The van der Waals surface area contributed by atoms with Crippen molar-refractivity contribution >= 4 is 17.3 Å². The Morgan fingerprint density at radius 3 is 2.68 bits per heavy atom. The number of rotatable bonds is 6. The van der Waals surface area contributed by atoms with Crippen LogP contribution in [0.25, 0.3) is 5.57 Å². The molecule has 1 aliphatic heterocycles. The number of hydrogen-bond acceptors (Lipinski definition) is 7. The van der Waals surface area contributed by atoms with Crippen LogP contribution in [0.1, 0.15) is 41.5 Å². The van der Waals surface area contributed by atoms with Crippen molar-refractivity contribution in [2.24, 2.45) is 7.05 Å². The number of nitrogens with zero attached hydrogens (tertiary/aromatic N) is 7. The molecule has 0 fully saturated rings. The summed E-state index contributed by atoms with van der Waals surface area (Å²) in [5, 5.41) is 12.3. The lowest BCUT2D eigenvalue weighted by Gasteiger charge is -2.29. The molecule has 0 saturated heterocycles. The fourth-order valence-electron chi connectivity index (χ4n) is 3.60. The zero-order valence-electron chi connectivity index (χ0n) is 17.2. The second kappa shape index (κ2) is 8.66. The molecule has 1 aromatic carbocycles. The van der Waals surface area contributed by atoms with Crippen LogP contribution in [-0.4, -0.2) is 49.0 Å². The number of Topliss-reactive ketones (excluding diaryl/α,β-unsaturated/α-hetero) is 1. The SMILES string of the molecule is CCC1=C(c2cnc(CC(=O)c3ccc(F)cc3F)cn2)CN(c2nnn(C)n2)CC1. The zero-order valence-corrected chi connectivity index (χ0v) is 17.2. The highest BCUT2D eigenvalue weighted by molar-refractivity contribution is 5.97. The molecule has 2 aromatic heterocycles. The Hall–Kier alpha value is -3.56. The van der Waals surface area contributed by atoms with E-state index in [0.717, 1.165) is 42.8 Å². The first-order chi connectivity index (χ1) is 14.9.